The van der Waals surface area contributed by atoms with E-state index in [0.717, 1.165) is 0 Å². The van der Waals surface area contributed by atoms with Crippen molar-refractivity contribution in [2.24, 2.45) is 0 Å². The highest BCUT2D eigenvalue weighted by molar-refractivity contribution is 6.27. The summed E-state index contributed by atoms with van der Waals surface area (Å²) in [4.78, 5) is 27.2. The minimum atomic E-state index is -0.488. The van der Waals surface area contributed by atoms with E-state index < -0.39 is 5.60 Å². The fourth-order valence-corrected chi connectivity index (χ4v) is 2.81. The topological polar surface area (TPSA) is 61.9 Å². The Morgan fingerprint density at radius 3 is 2.10 bits per heavy atom. The van der Waals surface area contributed by atoms with Crippen LogP contribution >= 0.6 is 11.6 Å². The summed E-state index contributed by atoms with van der Waals surface area (Å²) >= 11 is 5.60. The van der Waals surface area contributed by atoms with Crippen molar-refractivity contribution < 1.29 is 14.3 Å². The molecule has 2 rings (SSSR count). The van der Waals surface area contributed by atoms with Crippen LogP contribution in [0.5, 0.6) is 0 Å². The average molecular weight is 304 g/mol. The highest BCUT2D eigenvalue weighted by Gasteiger charge is 2.37. The van der Waals surface area contributed by atoms with E-state index in [1.165, 1.54) is 0 Å². The molecule has 2 amide bonds. The van der Waals surface area contributed by atoms with Gasteiger partial charge >= 0.3 is 6.09 Å². The third kappa shape index (κ3) is 3.76. The second-order valence-electron chi connectivity index (χ2n) is 6.38. The van der Waals surface area contributed by atoms with Gasteiger partial charge in [-0.3, -0.25) is 4.79 Å². The van der Waals surface area contributed by atoms with Crippen molar-refractivity contribution in [3.8, 4) is 0 Å². The molecule has 6 nitrogen and oxygen atoms in total. The summed E-state index contributed by atoms with van der Waals surface area (Å²) in [5.74, 6) is -0.0382. The standard InChI is InChI=1S/C13H22ClN3O3/c1-13(2,3)20-12(19)17-7-9-5-16(11(18)4-14)6-10(8-17)15-9/h9-10,15H,4-8H2,1-3H3. The van der Waals surface area contributed by atoms with Gasteiger partial charge in [0.1, 0.15) is 11.5 Å². The number of amides is 2. The number of hydrogen-bond acceptors (Lipinski definition) is 4. The van der Waals surface area contributed by atoms with E-state index in [9.17, 15) is 9.59 Å². The molecule has 2 aliphatic rings. The van der Waals surface area contributed by atoms with E-state index >= 15 is 0 Å². The fraction of sp³-hybridized carbons (Fsp3) is 0.846. The lowest BCUT2D eigenvalue weighted by Crippen LogP contribution is -2.68. The van der Waals surface area contributed by atoms with Gasteiger partial charge in [-0.15, -0.1) is 11.6 Å². The minimum absolute atomic E-state index is 0.00915. The van der Waals surface area contributed by atoms with Gasteiger partial charge in [0.25, 0.3) is 0 Å². The molecular formula is C13H22ClN3O3. The van der Waals surface area contributed by atoms with Crippen LogP contribution in [0.1, 0.15) is 20.8 Å². The molecule has 2 heterocycles. The van der Waals surface area contributed by atoms with Gasteiger partial charge in [-0.25, -0.2) is 4.79 Å². The van der Waals surface area contributed by atoms with Gasteiger partial charge in [0.05, 0.1) is 0 Å². The monoisotopic (exact) mass is 303 g/mol. The number of carbonyl (C=O) groups excluding carboxylic acids is 2. The first-order chi connectivity index (χ1) is 9.28. The third-order valence-electron chi connectivity index (χ3n) is 3.35. The normalized spacial score (nSPS) is 26.4. The van der Waals surface area contributed by atoms with Crippen molar-refractivity contribution in [1.29, 1.82) is 0 Å². The molecule has 2 atom stereocenters. The summed E-state index contributed by atoms with van der Waals surface area (Å²) in [5, 5.41) is 3.42. The molecular weight excluding hydrogens is 282 g/mol. The number of hydrogen-bond donors (Lipinski definition) is 1. The second kappa shape index (κ2) is 5.77. The van der Waals surface area contributed by atoms with E-state index in [2.05, 4.69) is 5.32 Å². The zero-order valence-electron chi connectivity index (χ0n) is 12.2. The van der Waals surface area contributed by atoms with Crippen LogP contribution in [0.25, 0.3) is 0 Å². The van der Waals surface area contributed by atoms with Crippen molar-refractivity contribution >= 4 is 23.6 Å². The summed E-state index contributed by atoms with van der Waals surface area (Å²) in [6, 6.07) is 0.171. The molecule has 2 bridgehead atoms. The van der Waals surface area contributed by atoms with Gasteiger partial charge in [0.15, 0.2) is 0 Å². The molecule has 2 aliphatic heterocycles. The Balaban J connectivity index is 1.95. The molecule has 0 aromatic carbocycles. The molecule has 1 N–H and O–H groups in total. The number of piperazine rings is 2. The molecule has 0 aromatic rings. The van der Waals surface area contributed by atoms with E-state index in [0.29, 0.717) is 26.2 Å². The van der Waals surface area contributed by atoms with E-state index in [1.54, 1.807) is 9.80 Å². The lowest BCUT2D eigenvalue weighted by atomic mass is 10.0. The van der Waals surface area contributed by atoms with Crippen LogP contribution in [0.15, 0.2) is 0 Å². The van der Waals surface area contributed by atoms with Crippen LogP contribution in [0.2, 0.25) is 0 Å². The zero-order valence-corrected chi connectivity index (χ0v) is 12.9. The smallest absolute Gasteiger partial charge is 0.410 e. The maximum Gasteiger partial charge on any atom is 0.410 e. The maximum absolute atomic E-state index is 12.1. The van der Waals surface area contributed by atoms with Crippen molar-refractivity contribution in [1.82, 2.24) is 15.1 Å². The van der Waals surface area contributed by atoms with Crippen LogP contribution in [0, 0.1) is 0 Å². The van der Waals surface area contributed by atoms with Gasteiger partial charge in [0.2, 0.25) is 5.91 Å². The average Bonchev–Trinajstić information content (AvgIpc) is 2.34. The molecule has 0 aromatic heterocycles. The SMILES string of the molecule is CC(C)(C)OC(=O)N1CC2CN(C(=O)CCl)CC(C1)N2. The van der Waals surface area contributed by atoms with Gasteiger partial charge in [-0.2, -0.15) is 0 Å². The van der Waals surface area contributed by atoms with Crippen LogP contribution < -0.4 is 5.32 Å². The Hall–Kier alpha value is -1.01. The van der Waals surface area contributed by atoms with E-state index in [-0.39, 0.29) is 30.0 Å². The first-order valence-electron chi connectivity index (χ1n) is 6.86. The second-order valence-corrected chi connectivity index (χ2v) is 6.65. The number of nitrogens with zero attached hydrogens (tertiary/aromatic N) is 2. The van der Waals surface area contributed by atoms with Crippen molar-refractivity contribution in [2.45, 2.75) is 38.5 Å². The summed E-state index contributed by atoms with van der Waals surface area (Å²) in [7, 11) is 0. The highest BCUT2D eigenvalue weighted by Crippen LogP contribution is 2.17. The van der Waals surface area contributed by atoms with Crippen molar-refractivity contribution in [3.05, 3.63) is 0 Å². The predicted octanol–water partition coefficient (Wildman–Crippen LogP) is 0.645. The van der Waals surface area contributed by atoms with Crippen LogP contribution in [0.3, 0.4) is 0 Å². The zero-order chi connectivity index (χ0) is 14.9. The summed E-state index contributed by atoms with van der Waals surface area (Å²) in [6.45, 7) is 7.84. The fourth-order valence-electron chi connectivity index (χ4n) is 2.64. The van der Waals surface area contributed by atoms with Gasteiger partial charge in [-0.1, -0.05) is 0 Å². The summed E-state index contributed by atoms with van der Waals surface area (Å²) in [6.07, 6.45) is -0.286. The molecule has 2 unspecified atom stereocenters. The van der Waals surface area contributed by atoms with Gasteiger partial charge in [0, 0.05) is 38.3 Å². The molecule has 0 radical (unpaired) electrons. The Kier molecular flexibility index (Phi) is 4.44. The lowest BCUT2D eigenvalue weighted by molar-refractivity contribution is -0.131. The quantitative estimate of drug-likeness (QED) is 0.722. The highest BCUT2D eigenvalue weighted by atomic mass is 35.5. The van der Waals surface area contributed by atoms with Crippen molar-refractivity contribution in [3.63, 3.8) is 0 Å². The molecule has 20 heavy (non-hydrogen) atoms. The van der Waals surface area contributed by atoms with Crippen LogP contribution in [-0.4, -0.2) is 71.5 Å². The van der Waals surface area contributed by atoms with Crippen LogP contribution in [0.4, 0.5) is 4.79 Å². The lowest BCUT2D eigenvalue weighted by Gasteiger charge is -2.46. The number of carbonyl (C=O) groups is 2. The Labute approximate surface area is 124 Å². The molecule has 2 saturated heterocycles. The summed E-state index contributed by atoms with van der Waals surface area (Å²) in [5.41, 5.74) is -0.488. The Morgan fingerprint density at radius 2 is 1.65 bits per heavy atom. The molecule has 2 fully saturated rings. The molecule has 0 spiro atoms. The number of ether oxygens (including phenoxy) is 1. The third-order valence-corrected chi connectivity index (χ3v) is 3.58. The van der Waals surface area contributed by atoms with Gasteiger partial charge in [-0.05, 0) is 20.8 Å². The van der Waals surface area contributed by atoms with Crippen LogP contribution in [-0.2, 0) is 9.53 Å². The number of alkyl halides is 1. The first kappa shape index (κ1) is 15.4. The number of nitrogens with one attached hydrogen (secondary N) is 1. The maximum atomic E-state index is 12.1. The van der Waals surface area contributed by atoms with Gasteiger partial charge < -0.3 is 19.9 Å². The van der Waals surface area contributed by atoms with Crippen molar-refractivity contribution in [2.75, 3.05) is 32.1 Å². The van der Waals surface area contributed by atoms with E-state index in [4.69, 9.17) is 16.3 Å². The number of rotatable bonds is 1. The number of fused-ring (bicyclic) bond motifs is 2. The number of halogens is 1. The molecule has 114 valence electrons. The Bertz CT molecular complexity index is 383. The molecule has 0 aliphatic carbocycles. The largest absolute Gasteiger partial charge is 0.444 e. The minimum Gasteiger partial charge on any atom is -0.444 e. The Morgan fingerprint density at radius 1 is 1.15 bits per heavy atom. The predicted molar refractivity (Wildman–Crippen MR) is 75.8 cm³/mol. The summed E-state index contributed by atoms with van der Waals surface area (Å²) < 4.78 is 5.40. The first-order valence-corrected chi connectivity index (χ1v) is 7.39. The molecule has 0 saturated carbocycles. The van der Waals surface area contributed by atoms with E-state index in [1.807, 2.05) is 20.8 Å². The molecule has 7 heteroatoms.